The fraction of sp³-hybridized carbons (Fsp3) is 0.375. The highest BCUT2D eigenvalue weighted by Gasteiger charge is 2.13. The van der Waals surface area contributed by atoms with Crippen molar-refractivity contribution in [3.63, 3.8) is 0 Å². The van der Waals surface area contributed by atoms with E-state index in [4.69, 9.17) is 0 Å². The molecule has 0 amide bonds. The SMILES string of the molecule is CCCN=C1NSc2ccsc2N1. The molecule has 0 spiro atoms. The fourth-order valence-corrected chi connectivity index (χ4v) is 2.64. The normalized spacial score (nSPS) is 17.8. The molecule has 0 aromatic carbocycles. The third kappa shape index (κ3) is 1.97. The number of rotatable bonds is 2. The second kappa shape index (κ2) is 4.02. The molecular formula is C8H11N3S2. The molecule has 1 aliphatic rings. The smallest absolute Gasteiger partial charge is 0.206 e. The van der Waals surface area contributed by atoms with Crippen molar-refractivity contribution in [2.45, 2.75) is 18.2 Å². The third-order valence-electron chi connectivity index (χ3n) is 1.61. The summed E-state index contributed by atoms with van der Waals surface area (Å²) in [5, 5.41) is 6.52. The number of hydrogen-bond acceptors (Lipinski definition) is 3. The summed E-state index contributed by atoms with van der Waals surface area (Å²) in [6, 6.07) is 2.10. The summed E-state index contributed by atoms with van der Waals surface area (Å²) in [5.74, 6) is 0.877. The predicted molar refractivity (Wildman–Crippen MR) is 59.5 cm³/mol. The van der Waals surface area contributed by atoms with Crippen LogP contribution in [0.3, 0.4) is 0 Å². The summed E-state index contributed by atoms with van der Waals surface area (Å²) in [5.41, 5.74) is 0. The van der Waals surface area contributed by atoms with E-state index in [0.717, 1.165) is 18.9 Å². The Morgan fingerprint density at radius 2 is 2.46 bits per heavy atom. The van der Waals surface area contributed by atoms with E-state index in [9.17, 15) is 0 Å². The number of hydrogen-bond donors (Lipinski definition) is 2. The van der Waals surface area contributed by atoms with Crippen LogP contribution in [0.25, 0.3) is 0 Å². The van der Waals surface area contributed by atoms with E-state index in [2.05, 4.69) is 33.4 Å². The summed E-state index contributed by atoms with van der Waals surface area (Å²) < 4.78 is 3.16. The molecule has 70 valence electrons. The molecule has 0 radical (unpaired) electrons. The Bertz CT molecular complexity index is 319. The van der Waals surface area contributed by atoms with Gasteiger partial charge in [0.25, 0.3) is 0 Å². The van der Waals surface area contributed by atoms with Crippen molar-refractivity contribution in [2.75, 3.05) is 11.9 Å². The average Bonchev–Trinajstić information content (AvgIpc) is 2.61. The molecule has 0 aliphatic carbocycles. The molecule has 0 saturated heterocycles. The van der Waals surface area contributed by atoms with Crippen LogP contribution in [0.15, 0.2) is 21.3 Å². The maximum Gasteiger partial charge on any atom is 0.206 e. The van der Waals surface area contributed by atoms with E-state index in [1.807, 2.05) is 0 Å². The Hall–Kier alpha value is -0.680. The van der Waals surface area contributed by atoms with E-state index in [0.29, 0.717) is 0 Å². The van der Waals surface area contributed by atoms with Gasteiger partial charge in [-0.1, -0.05) is 6.92 Å². The van der Waals surface area contributed by atoms with Crippen molar-refractivity contribution in [1.29, 1.82) is 0 Å². The zero-order valence-corrected chi connectivity index (χ0v) is 8.97. The molecule has 1 aromatic rings. The van der Waals surface area contributed by atoms with Crippen LogP contribution >= 0.6 is 23.3 Å². The zero-order valence-electron chi connectivity index (χ0n) is 7.33. The van der Waals surface area contributed by atoms with Gasteiger partial charge in [-0.05, 0) is 29.8 Å². The Kier molecular flexibility index (Phi) is 2.75. The van der Waals surface area contributed by atoms with Crippen LogP contribution in [0.4, 0.5) is 5.00 Å². The number of thiophene rings is 1. The number of nitrogens with zero attached hydrogens (tertiary/aromatic N) is 1. The molecule has 0 bridgehead atoms. The molecular weight excluding hydrogens is 202 g/mol. The van der Waals surface area contributed by atoms with E-state index in [1.54, 1.807) is 23.3 Å². The van der Waals surface area contributed by atoms with Gasteiger partial charge in [0.05, 0.1) is 4.90 Å². The van der Waals surface area contributed by atoms with Crippen LogP contribution in [0.2, 0.25) is 0 Å². The molecule has 0 saturated carbocycles. The summed E-state index contributed by atoms with van der Waals surface area (Å²) in [7, 11) is 0. The molecule has 2 N–H and O–H groups in total. The van der Waals surface area contributed by atoms with Gasteiger partial charge in [-0.3, -0.25) is 9.71 Å². The van der Waals surface area contributed by atoms with Crippen LogP contribution in [0, 0.1) is 0 Å². The van der Waals surface area contributed by atoms with Gasteiger partial charge in [0.15, 0.2) is 0 Å². The Morgan fingerprint density at radius 3 is 3.31 bits per heavy atom. The van der Waals surface area contributed by atoms with Gasteiger partial charge in [-0.25, -0.2) is 0 Å². The lowest BCUT2D eigenvalue weighted by atomic mass is 10.5. The fourth-order valence-electron chi connectivity index (χ4n) is 1.00. The summed E-state index contributed by atoms with van der Waals surface area (Å²) in [6.45, 7) is 2.99. The summed E-state index contributed by atoms with van der Waals surface area (Å²) >= 11 is 3.33. The van der Waals surface area contributed by atoms with Gasteiger partial charge in [-0.2, -0.15) is 0 Å². The monoisotopic (exact) mass is 213 g/mol. The molecule has 1 aromatic heterocycles. The minimum Gasteiger partial charge on any atom is -0.316 e. The van der Waals surface area contributed by atoms with Gasteiger partial charge in [0, 0.05) is 6.54 Å². The van der Waals surface area contributed by atoms with Gasteiger partial charge in [0.1, 0.15) is 5.00 Å². The highest BCUT2D eigenvalue weighted by Crippen LogP contribution is 2.33. The van der Waals surface area contributed by atoms with Crippen molar-refractivity contribution >= 4 is 34.2 Å². The van der Waals surface area contributed by atoms with Gasteiger partial charge >= 0.3 is 0 Å². The van der Waals surface area contributed by atoms with E-state index in [-0.39, 0.29) is 0 Å². The first-order valence-corrected chi connectivity index (χ1v) is 5.91. The number of fused-ring (bicyclic) bond motifs is 1. The molecule has 0 fully saturated rings. The van der Waals surface area contributed by atoms with Gasteiger partial charge < -0.3 is 5.32 Å². The highest BCUT2D eigenvalue weighted by molar-refractivity contribution is 7.98. The molecule has 3 nitrogen and oxygen atoms in total. The molecule has 0 atom stereocenters. The summed E-state index contributed by atoms with van der Waals surface area (Å²) in [6.07, 6.45) is 1.08. The second-order valence-corrected chi connectivity index (χ2v) is 4.44. The maximum absolute atomic E-state index is 4.36. The second-order valence-electron chi connectivity index (χ2n) is 2.67. The largest absolute Gasteiger partial charge is 0.316 e. The topological polar surface area (TPSA) is 36.4 Å². The molecule has 2 heterocycles. The number of anilines is 1. The lowest BCUT2D eigenvalue weighted by Gasteiger charge is -2.16. The van der Waals surface area contributed by atoms with Crippen LogP contribution < -0.4 is 10.0 Å². The third-order valence-corrected chi connectivity index (χ3v) is 3.43. The maximum atomic E-state index is 4.36. The lowest BCUT2D eigenvalue weighted by Crippen LogP contribution is -2.28. The zero-order chi connectivity index (χ0) is 9.10. The molecule has 2 rings (SSSR count). The van der Waals surface area contributed by atoms with Crippen LogP contribution in [-0.2, 0) is 0 Å². The molecule has 13 heavy (non-hydrogen) atoms. The lowest BCUT2D eigenvalue weighted by molar-refractivity contribution is 0.926. The Morgan fingerprint density at radius 1 is 1.54 bits per heavy atom. The standard InChI is InChI=1S/C8H11N3S2/c1-2-4-9-8-10-7-6(13-11-8)3-5-12-7/h3,5H,2,4H2,1H3,(H2,9,10,11). The average molecular weight is 213 g/mol. The minimum atomic E-state index is 0.872. The molecule has 1 aliphatic heterocycles. The highest BCUT2D eigenvalue weighted by atomic mass is 32.2. The number of aliphatic imine (C=N–C) groups is 1. The van der Waals surface area contributed by atoms with Crippen LogP contribution in [-0.4, -0.2) is 12.5 Å². The first-order valence-electron chi connectivity index (χ1n) is 4.22. The van der Waals surface area contributed by atoms with Crippen molar-refractivity contribution < 1.29 is 0 Å². The summed E-state index contributed by atoms with van der Waals surface area (Å²) in [4.78, 5) is 5.61. The van der Waals surface area contributed by atoms with Gasteiger partial charge in [-0.15, -0.1) is 11.3 Å². The van der Waals surface area contributed by atoms with E-state index < -0.39 is 0 Å². The van der Waals surface area contributed by atoms with Crippen molar-refractivity contribution in [3.05, 3.63) is 11.4 Å². The van der Waals surface area contributed by atoms with Crippen LogP contribution in [0.5, 0.6) is 0 Å². The Balaban J connectivity index is 2.08. The van der Waals surface area contributed by atoms with E-state index >= 15 is 0 Å². The van der Waals surface area contributed by atoms with Crippen molar-refractivity contribution in [3.8, 4) is 0 Å². The quantitative estimate of drug-likeness (QED) is 0.741. The minimum absolute atomic E-state index is 0.872. The Labute approximate surface area is 85.8 Å². The number of guanidine groups is 1. The first-order chi connectivity index (χ1) is 6.40. The first kappa shape index (κ1) is 8.90. The van der Waals surface area contributed by atoms with Gasteiger partial charge in [0.2, 0.25) is 5.96 Å². The van der Waals surface area contributed by atoms with Crippen molar-refractivity contribution in [2.24, 2.45) is 4.99 Å². The van der Waals surface area contributed by atoms with Crippen molar-refractivity contribution in [1.82, 2.24) is 4.72 Å². The van der Waals surface area contributed by atoms with E-state index in [1.165, 1.54) is 9.90 Å². The number of nitrogens with one attached hydrogen (secondary N) is 2. The predicted octanol–water partition coefficient (Wildman–Crippen LogP) is 2.54. The molecule has 0 unspecified atom stereocenters. The van der Waals surface area contributed by atoms with Crippen LogP contribution in [0.1, 0.15) is 13.3 Å². The molecule has 5 heteroatoms.